The van der Waals surface area contributed by atoms with Crippen molar-refractivity contribution in [3.05, 3.63) is 29.8 Å². The summed E-state index contributed by atoms with van der Waals surface area (Å²) in [6.45, 7) is 0.801. The van der Waals surface area contributed by atoms with Crippen LogP contribution in [0.5, 0.6) is 5.75 Å². The lowest BCUT2D eigenvalue weighted by molar-refractivity contribution is 0.297. The first-order valence-corrected chi connectivity index (χ1v) is 5.91. The highest BCUT2D eigenvalue weighted by atomic mass is 16.5. The molecule has 80 valence electrons. The number of benzene rings is 1. The summed E-state index contributed by atoms with van der Waals surface area (Å²) < 4.78 is 5.66. The van der Waals surface area contributed by atoms with Crippen molar-refractivity contribution in [3.63, 3.8) is 0 Å². The van der Waals surface area contributed by atoms with Crippen LogP contribution in [-0.2, 0) is 0 Å². The standard InChI is InChI=1S/C13H17NO/c1-2-6-10(5-1)14-12-9-15-13-8-4-3-7-11(12)13/h3-4,7-8,10,12,14H,1-2,5-6,9H2. The van der Waals surface area contributed by atoms with Gasteiger partial charge in [-0.2, -0.15) is 0 Å². The van der Waals surface area contributed by atoms with Gasteiger partial charge in [-0.1, -0.05) is 31.0 Å². The molecule has 1 aliphatic carbocycles. The Bertz CT molecular complexity index is 344. The maximum Gasteiger partial charge on any atom is 0.124 e. The minimum absolute atomic E-state index is 0.421. The predicted octanol–water partition coefficient (Wildman–Crippen LogP) is 2.65. The van der Waals surface area contributed by atoms with Gasteiger partial charge in [-0.3, -0.25) is 0 Å². The van der Waals surface area contributed by atoms with Crippen LogP contribution in [0.15, 0.2) is 24.3 Å². The molecule has 0 spiro atoms. The molecule has 1 unspecified atom stereocenters. The van der Waals surface area contributed by atoms with E-state index in [9.17, 15) is 0 Å². The first-order chi connectivity index (χ1) is 7.43. The summed E-state index contributed by atoms with van der Waals surface area (Å²) in [5.41, 5.74) is 1.34. The second-order valence-corrected chi connectivity index (χ2v) is 4.55. The van der Waals surface area contributed by atoms with Gasteiger partial charge >= 0.3 is 0 Å². The Morgan fingerprint density at radius 3 is 2.80 bits per heavy atom. The number of rotatable bonds is 2. The largest absolute Gasteiger partial charge is 0.491 e. The van der Waals surface area contributed by atoms with E-state index in [1.54, 1.807) is 0 Å². The molecule has 2 nitrogen and oxygen atoms in total. The summed E-state index contributed by atoms with van der Waals surface area (Å²) in [6.07, 6.45) is 5.43. The van der Waals surface area contributed by atoms with E-state index >= 15 is 0 Å². The molecule has 1 aromatic rings. The van der Waals surface area contributed by atoms with Crippen molar-refractivity contribution in [1.29, 1.82) is 0 Å². The lowest BCUT2D eigenvalue weighted by atomic mass is 10.1. The van der Waals surface area contributed by atoms with Gasteiger partial charge in [0.2, 0.25) is 0 Å². The second-order valence-electron chi connectivity index (χ2n) is 4.55. The van der Waals surface area contributed by atoms with E-state index < -0.39 is 0 Å². The highest BCUT2D eigenvalue weighted by Gasteiger charge is 2.26. The van der Waals surface area contributed by atoms with Crippen molar-refractivity contribution in [1.82, 2.24) is 5.32 Å². The molecule has 1 atom stereocenters. The molecule has 0 aromatic heterocycles. The lowest BCUT2D eigenvalue weighted by Gasteiger charge is -2.17. The quantitative estimate of drug-likeness (QED) is 0.798. The molecular formula is C13H17NO. The minimum Gasteiger partial charge on any atom is -0.491 e. The van der Waals surface area contributed by atoms with Crippen LogP contribution in [0.1, 0.15) is 37.3 Å². The van der Waals surface area contributed by atoms with Crippen molar-refractivity contribution in [2.45, 2.75) is 37.8 Å². The average molecular weight is 203 g/mol. The number of hydrogen-bond acceptors (Lipinski definition) is 2. The van der Waals surface area contributed by atoms with Crippen LogP contribution < -0.4 is 10.1 Å². The van der Waals surface area contributed by atoms with Gasteiger partial charge in [-0.25, -0.2) is 0 Å². The van der Waals surface area contributed by atoms with E-state index in [4.69, 9.17) is 4.74 Å². The van der Waals surface area contributed by atoms with E-state index in [1.165, 1.54) is 31.2 Å². The lowest BCUT2D eigenvalue weighted by Crippen LogP contribution is -2.31. The normalized spacial score (nSPS) is 25.2. The summed E-state index contributed by atoms with van der Waals surface area (Å²) in [4.78, 5) is 0. The van der Waals surface area contributed by atoms with Crippen LogP contribution in [0.25, 0.3) is 0 Å². The molecule has 0 saturated heterocycles. The third kappa shape index (κ3) is 1.74. The number of ether oxygens (including phenoxy) is 1. The molecule has 15 heavy (non-hydrogen) atoms. The van der Waals surface area contributed by atoms with Gasteiger partial charge in [0, 0.05) is 11.6 Å². The van der Waals surface area contributed by atoms with Crippen molar-refractivity contribution in [3.8, 4) is 5.75 Å². The van der Waals surface area contributed by atoms with Gasteiger partial charge in [0.1, 0.15) is 12.4 Å². The Kier molecular flexibility index (Phi) is 2.37. The Morgan fingerprint density at radius 2 is 1.93 bits per heavy atom. The van der Waals surface area contributed by atoms with Gasteiger partial charge in [0.25, 0.3) is 0 Å². The molecule has 1 aliphatic heterocycles. The van der Waals surface area contributed by atoms with Crippen LogP contribution in [0, 0.1) is 0 Å². The molecule has 0 bridgehead atoms. The van der Waals surface area contributed by atoms with Crippen LogP contribution in [0.3, 0.4) is 0 Å². The van der Waals surface area contributed by atoms with Crippen molar-refractivity contribution in [2.75, 3.05) is 6.61 Å². The van der Waals surface area contributed by atoms with Gasteiger partial charge < -0.3 is 10.1 Å². The highest BCUT2D eigenvalue weighted by Crippen LogP contribution is 2.33. The molecule has 1 aromatic carbocycles. The van der Waals surface area contributed by atoms with Crippen LogP contribution >= 0.6 is 0 Å². The molecule has 1 saturated carbocycles. The molecular weight excluding hydrogens is 186 g/mol. The van der Waals surface area contributed by atoms with Crippen LogP contribution in [0.2, 0.25) is 0 Å². The number of hydrogen-bond donors (Lipinski definition) is 1. The van der Waals surface area contributed by atoms with Crippen LogP contribution in [0.4, 0.5) is 0 Å². The summed E-state index contributed by atoms with van der Waals surface area (Å²) >= 11 is 0. The molecule has 2 heteroatoms. The Hall–Kier alpha value is -1.02. The third-order valence-corrected chi connectivity index (χ3v) is 3.49. The fourth-order valence-electron chi connectivity index (χ4n) is 2.68. The van der Waals surface area contributed by atoms with E-state index in [0.717, 1.165) is 12.4 Å². The smallest absolute Gasteiger partial charge is 0.124 e. The molecule has 1 fully saturated rings. The summed E-state index contributed by atoms with van der Waals surface area (Å²) in [7, 11) is 0. The number of fused-ring (bicyclic) bond motifs is 1. The highest BCUT2D eigenvalue weighted by molar-refractivity contribution is 5.39. The molecule has 1 heterocycles. The van der Waals surface area contributed by atoms with E-state index in [0.29, 0.717) is 12.1 Å². The third-order valence-electron chi connectivity index (χ3n) is 3.49. The van der Waals surface area contributed by atoms with Gasteiger partial charge in [0.15, 0.2) is 0 Å². The maximum absolute atomic E-state index is 5.66. The van der Waals surface area contributed by atoms with Gasteiger partial charge in [-0.05, 0) is 18.9 Å². The first-order valence-electron chi connectivity index (χ1n) is 5.91. The van der Waals surface area contributed by atoms with E-state index in [2.05, 4.69) is 23.5 Å². The molecule has 2 aliphatic rings. The van der Waals surface area contributed by atoms with E-state index in [-0.39, 0.29) is 0 Å². The van der Waals surface area contributed by atoms with Crippen molar-refractivity contribution in [2.24, 2.45) is 0 Å². The molecule has 0 amide bonds. The Labute approximate surface area is 90.6 Å². The average Bonchev–Trinajstić information content (AvgIpc) is 2.89. The summed E-state index contributed by atoms with van der Waals surface area (Å²) in [6, 6.07) is 9.50. The Balaban J connectivity index is 1.73. The minimum atomic E-state index is 0.421. The SMILES string of the molecule is c1ccc2c(c1)OCC2NC1CCCC1. The fourth-order valence-corrected chi connectivity index (χ4v) is 2.68. The number of para-hydroxylation sites is 1. The van der Waals surface area contributed by atoms with Crippen molar-refractivity contribution < 1.29 is 4.74 Å². The van der Waals surface area contributed by atoms with Gasteiger partial charge in [0.05, 0.1) is 6.04 Å². The topological polar surface area (TPSA) is 21.3 Å². The van der Waals surface area contributed by atoms with E-state index in [1.807, 2.05) is 6.07 Å². The monoisotopic (exact) mass is 203 g/mol. The molecule has 0 radical (unpaired) electrons. The molecule has 3 rings (SSSR count). The summed E-state index contributed by atoms with van der Waals surface area (Å²) in [5.74, 6) is 1.06. The van der Waals surface area contributed by atoms with Gasteiger partial charge in [-0.15, -0.1) is 0 Å². The zero-order valence-corrected chi connectivity index (χ0v) is 8.91. The zero-order valence-electron chi connectivity index (χ0n) is 8.91. The second kappa shape index (κ2) is 3.86. The summed E-state index contributed by atoms with van der Waals surface area (Å²) in [5, 5.41) is 3.71. The Morgan fingerprint density at radius 1 is 1.13 bits per heavy atom. The predicted molar refractivity (Wildman–Crippen MR) is 60.1 cm³/mol. The fraction of sp³-hybridized carbons (Fsp3) is 0.538. The van der Waals surface area contributed by atoms with Crippen LogP contribution in [-0.4, -0.2) is 12.6 Å². The number of nitrogens with one attached hydrogen (secondary N) is 1. The first kappa shape index (κ1) is 9.22. The molecule has 1 N–H and O–H groups in total. The zero-order chi connectivity index (χ0) is 10.1. The van der Waals surface area contributed by atoms with Crippen molar-refractivity contribution >= 4 is 0 Å². The maximum atomic E-state index is 5.66.